The Morgan fingerprint density at radius 3 is 2.55 bits per heavy atom. The van der Waals surface area contributed by atoms with Crippen LogP contribution in [-0.2, 0) is 22.7 Å². The van der Waals surface area contributed by atoms with Crippen molar-refractivity contribution in [3.8, 4) is 0 Å². The number of imide groups is 1. The van der Waals surface area contributed by atoms with E-state index in [-0.39, 0.29) is 24.1 Å². The van der Waals surface area contributed by atoms with E-state index in [1.807, 2.05) is 12.1 Å². The Labute approximate surface area is 170 Å². The fraction of sp³-hybridized carbons (Fsp3) is 0.591. The fourth-order valence-electron chi connectivity index (χ4n) is 5.17. The van der Waals surface area contributed by atoms with Crippen molar-refractivity contribution < 1.29 is 14.4 Å². The first-order valence-corrected chi connectivity index (χ1v) is 10.8. The normalized spacial score (nSPS) is 29.5. The number of nitrogens with one attached hydrogen (secondary N) is 1. The van der Waals surface area contributed by atoms with Crippen LogP contribution in [0.2, 0.25) is 0 Å². The minimum absolute atomic E-state index is 0.0998. The van der Waals surface area contributed by atoms with Crippen molar-refractivity contribution in [2.75, 3.05) is 0 Å². The van der Waals surface area contributed by atoms with Crippen molar-refractivity contribution in [2.45, 2.75) is 82.2 Å². The molecule has 0 radical (unpaired) electrons. The van der Waals surface area contributed by atoms with Gasteiger partial charge in [-0.05, 0) is 49.3 Å². The van der Waals surface area contributed by atoms with E-state index in [2.05, 4.69) is 16.3 Å². The van der Waals surface area contributed by atoms with E-state index >= 15 is 0 Å². The van der Waals surface area contributed by atoms with Crippen LogP contribution in [0.1, 0.15) is 66.4 Å². The van der Waals surface area contributed by atoms with Crippen LogP contribution < -0.4 is 11.1 Å². The SMILES string of the molecule is NC1CC(N(Cc2cccc3c2CN(C2CCC(=O)NC2=O)C3=O)C2CCC2)C1. The largest absolute Gasteiger partial charge is 0.328 e. The summed E-state index contributed by atoms with van der Waals surface area (Å²) < 4.78 is 0. The highest BCUT2D eigenvalue weighted by atomic mass is 16.2. The molecule has 3 amide bonds. The van der Waals surface area contributed by atoms with E-state index in [0.717, 1.165) is 24.9 Å². The van der Waals surface area contributed by atoms with E-state index < -0.39 is 6.04 Å². The summed E-state index contributed by atoms with van der Waals surface area (Å²) in [7, 11) is 0. The molecule has 5 rings (SSSR count). The number of nitrogens with zero attached hydrogens (tertiary/aromatic N) is 2. The number of nitrogens with two attached hydrogens (primary N) is 1. The number of carbonyl (C=O) groups excluding carboxylic acids is 3. The molecule has 3 N–H and O–H groups in total. The van der Waals surface area contributed by atoms with Crippen LogP contribution in [0, 0.1) is 0 Å². The second-order valence-corrected chi connectivity index (χ2v) is 8.99. The molecule has 7 nitrogen and oxygen atoms in total. The highest BCUT2D eigenvalue weighted by Gasteiger charge is 2.41. The van der Waals surface area contributed by atoms with Gasteiger partial charge in [-0.3, -0.25) is 24.6 Å². The van der Waals surface area contributed by atoms with Gasteiger partial charge in [-0.25, -0.2) is 0 Å². The molecule has 2 saturated carbocycles. The Balaban J connectivity index is 1.37. The lowest BCUT2D eigenvalue weighted by Gasteiger charge is -2.48. The number of amides is 3. The third-order valence-corrected chi connectivity index (χ3v) is 7.19. The first-order valence-electron chi connectivity index (χ1n) is 10.8. The molecule has 1 unspecified atom stereocenters. The molecule has 0 spiro atoms. The van der Waals surface area contributed by atoms with Gasteiger partial charge in [0.25, 0.3) is 5.91 Å². The molecule has 3 fully saturated rings. The maximum Gasteiger partial charge on any atom is 0.255 e. The smallest absolute Gasteiger partial charge is 0.255 e. The molecular weight excluding hydrogens is 368 g/mol. The highest BCUT2D eigenvalue weighted by molar-refractivity contribution is 6.05. The summed E-state index contributed by atoms with van der Waals surface area (Å²) in [6.45, 7) is 1.28. The van der Waals surface area contributed by atoms with Crippen molar-refractivity contribution in [3.63, 3.8) is 0 Å². The van der Waals surface area contributed by atoms with Crippen LogP contribution in [0.25, 0.3) is 0 Å². The highest BCUT2D eigenvalue weighted by Crippen LogP contribution is 2.36. The van der Waals surface area contributed by atoms with Gasteiger partial charge < -0.3 is 10.6 Å². The van der Waals surface area contributed by atoms with Gasteiger partial charge in [0.1, 0.15) is 6.04 Å². The van der Waals surface area contributed by atoms with Crippen molar-refractivity contribution in [1.82, 2.24) is 15.1 Å². The topological polar surface area (TPSA) is 95.7 Å². The maximum absolute atomic E-state index is 13.0. The van der Waals surface area contributed by atoms with Gasteiger partial charge in [0.15, 0.2) is 0 Å². The summed E-state index contributed by atoms with van der Waals surface area (Å²) in [6.07, 6.45) is 6.53. The minimum atomic E-state index is -0.562. The molecule has 1 aromatic carbocycles. The Hall–Kier alpha value is -2.25. The number of hydrogen-bond donors (Lipinski definition) is 2. The van der Waals surface area contributed by atoms with Gasteiger partial charge in [-0.1, -0.05) is 18.6 Å². The summed E-state index contributed by atoms with van der Waals surface area (Å²) in [5.74, 6) is -0.716. The van der Waals surface area contributed by atoms with Crippen LogP contribution >= 0.6 is 0 Å². The van der Waals surface area contributed by atoms with Crippen LogP contribution in [0.3, 0.4) is 0 Å². The molecule has 7 heteroatoms. The van der Waals surface area contributed by atoms with E-state index in [4.69, 9.17) is 5.73 Å². The van der Waals surface area contributed by atoms with Gasteiger partial charge in [-0.15, -0.1) is 0 Å². The van der Waals surface area contributed by atoms with Crippen molar-refractivity contribution in [1.29, 1.82) is 0 Å². The number of benzene rings is 1. The third-order valence-electron chi connectivity index (χ3n) is 7.19. The zero-order valence-corrected chi connectivity index (χ0v) is 16.6. The van der Waals surface area contributed by atoms with Gasteiger partial charge >= 0.3 is 0 Å². The van der Waals surface area contributed by atoms with Gasteiger partial charge in [0, 0.05) is 43.2 Å². The summed E-state index contributed by atoms with van der Waals surface area (Å²) in [5.41, 5.74) is 8.97. The number of fused-ring (bicyclic) bond motifs is 1. The Kier molecular flexibility index (Phi) is 4.67. The first kappa shape index (κ1) is 18.8. The molecule has 0 bridgehead atoms. The Morgan fingerprint density at radius 1 is 1.10 bits per heavy atom. The molecule has 2 heterocycles. The van der Waals surface area contributed by atoms with Gasteiger partial charge in [-0.2, -0.15) is 0 Å². The lowest BCUT2D eigenvalue weighted by atomic mass is 9.81. The monoisotopic (exact) mass is 396 g/mol. The average molecular weight is 396 g/mol. The van der Waals surface area contributed by atoms with Gasteiger partial charge in [0.2, 0.25) is 11.8 Å². The summed E-state index contributed by atoms with van der Waals surface area (Å²) in [4.78, 5) is 41.1. The molecular formula is C22H28N4O3. The third kappa shape index (κ3) is 3.26. The summed E-state index contributed by atoms with van der Waals surface area (Å²) >= 11 is 0. The number of hydrogen-bond acceptors (Lipinski definition) is 5. The molecule has 29 heavy (non-hydrogen) atoms. The standard InChI is InChI=1S/C22H28N4O3/c23-14-9-16(10-14)25(15-4-2-5-15)11-13-3-1-6-17-18(13)12-26(22(17)29)19-7-8-20(27)24-21(19)28/h1,3,6,14-16,19H,2,4-5,7-12,23H2,(H,24,27,28). The molecule has 2 aliphatic carbocycles. The lowest BCUT2D eigenvalue weighted by molar-refractivity contribution is -0.136. The molecule has 2 aliphatic heterocycles. The van der Waals surface area contributed by atoms with Crippen LogP contribution in [0.5, 0.6) is 0 Å². The molecule has 4 aliphatic rings. The average Bonchev–Trinajstić information content (AvgIpc) is 2.95. The molecule has 1 saturated heterocycles. The predicted molar refractivity (Wildman–Crippen MR) is 107 cm³/mol. The number of piperidine rings is 1. The Morgan fingerprint density at radius 2 is 1.90 bits per heavy atom. The maximum atomic E-state index is 13.0. The molecule has 1 atom stereocenters. The zero-order valence-electron chi connectivity index (χ0n) is 16.6. The van der Waals surface area contributed by atoms with Crippen molar-refractivity contribution in [2.24, 2.45) is 5.73 Å². The quantitative estimate of drug-likeness (QED) is 0.732. The van der Waals surface area contributed by atoms with E-state index in [0.29, 0.717) is 36.7 Å². The first-order chi connectivity index (χ1) is 14.0. The van der Waals surface area contributed by atoms with E-state index in [1.165, 1.54) is 24.8 Å². The lowest BCUT2D eigenvalue weighted by Crippen LogP contribution is -2.55. The summed E-state index contributed by atoms with van der Waals surface area (Å²) in [5, 5.41) is 2.37. The van der Waals surface area contributed by atoms with Crippen LogP contribution in [0.4, 0.5) is 0 Å². The fourth-order valence-corrected chi connectivity index (χ4v) is 5.17. The van der Waals surface area contributed by atoms with Crippen molar-refractivity contribution in [3.05, 3.63) is 34.9 Å². The van der Waals surface area contributed by atoms with E-state index in [9.17, 15) is 14.4 Å². The van der Waals surface area contributed by atoms with E-state index in [1.54, 1.807) is 4.90 Å². The minimum Gasteiger partial charge on any atom is -0.328 e. The molecule has 0 aromatic heterocycles. The number of carbonyl (C=O) groups is 3. The van der Waals surface area contributed by atoms with Crippen LogP contribution in [0.15, 0.2) is 18.2 Å². The second-order valence-electron chi connectivity index (χ2n) is 8.99. The predicted octanol–water partition coefficient (Wildman–Crippen LogP) is 1.29. The van der Waals surface area contributed by atoms with Crippen LogP contribution in [-0.4, -0.2) is 51.7 Å². The Bertz CT molecular complexity index is 860. The molecule has 154 valence electrons. The summed E-state index contributed by atoms with van der Waals surface area (Å²) in [6, 6.07) is 6.83. The molecule has 1 aromatic rings. The zero-order chi connectivity index (χ0) is 20.1. The number of rotatable bonds is 5. The van der Waals surface area contributed by atoms with Crippen molar-refractivity contribution >= 4 is 17.7 Å². The second kappa shape index (κ2) is 7.22. The van der Waals surface area contributed by atoms with Gasteiger partial charge in [0.05, 0.1) is 0 Å².